The lowest BCUT2D eigenvalue weighted by molar-refractivity contribution is -0.130. The normalized spacial score (nSPS) is 16.2. The Labute approximate surface area is 147 Å². The van der Waals surface area contributed by atoms with Crippen molar-refractivity contribution in [2.24, 2.45) is 0 Å². The molecule has 0 spiro atoms. The zero-order chi connectivity index (χ0) is 16.8. The van der Waals surface area contributed by atoms with Crippen molar-refractivity contribution in [2.75, 3.05) is 32.8 Å². The van der Waals surface area contributed by atoms with Gasteiger partial charge in [0.05, 0.1) is 6.54 Å². The Balaban J connectivity index is 1.46. The third kappa shape index (κ3) is 4.82. The molecule has 1 aliphatic heterocycles. The second-order valence-electron chi connectivity index (χ2n) is 6.08. The monoisotopic (exact) mass is 344 g/mol. The molecule has 1 aliphatic rings. The van der Waals surface area contributed by atoms with Crippen LogP contribution < -0.4 is 4.74 Å². The topological polar surface area (TPSA) is 32.8 Å². The molecule has 5 heteroatoms. The van der Waals surface area contributed by atoms with Crippen molar-refractivity contribution < 1.29 is 9.53 Å². The summed E-state index contributed by atoms with van der Waals surface area (Å²) in [5.41, 5.74) is 0. The van der Waals surface area contributed by atoms with Crippen molar-refractivity contribution in [2.45, 2.75) is 19.9 Å². The lowest BCUT2D eigenvalue weighted by Crippen LogP contribution is -2.36. The number of hydrogen-bond donors (Lipinski definition) is 0. The molecule has 0 atom stereocenters. The van der Waals surface area contributed by atoms with Crippen LogP contribution in [0.1, 0.15) is 16.2 Å². The molecule has 0 unspecified atom stereocenters. The highest BCUT2D eigenvalue weighted by atomic mass is 32.1. The first-order valence-corrected chi connectivity index (χ1v) is 9.25. The van der Waals surface area contributed by atoms with Crippen LogP contribution in [0.15, 0.2) is 42.5 Å². The Morgan fingerprint density at radius 1 is 1.08 bits per heavy atom. The quantitative estimate of drug-likeness (QED) is 0.807. The van der Waals surface area contributed by atoms with E-state index in [4.69, 9.17) is 4.74 Å². The van der Waals surface area contributed by atoms with E-state index < -0.39 is 0 Å². The van der Waals surface area contributed by atoms with Crippen molar-refractivity contribution >= 4 is 17.2 Å². The number of carbonyl (C=O) groups is 1. The number of rotatable bonds is 6. The lowest BCUT2D eigenvalue weighted by Gasteiger charge is -2.22. The van der Waals surface area contributed by atoms with Crippen molar-refractivity contribution in [3.63, 3.8) is 0 Å². The zero-order valence-corrected chi connectivity index (χ0v) is 14.9. The SMILES string of the molecule is Cc1ccc(CN2CCC(=O)N(CCOc3ccccc3)CC2)s1. The molecule has 1 saturated heterocycles. The van der Waals surface area contributed by atoms with Gasteiger partial charge in [0.25, 0.3) is 0 Å². The summed E-state index contributed by atoms with van der Waals surface area (Å²) < 4.78 is 5.72. The predicted octanol–water partition coefficient (Wildman–Crippen LogP) is 3.17. The molecule has 4 nitrogen and oxygen atoms in total. The Morgan fingerprint density at radius 2 is 1.92 bits per heavy atom. The average molecular weight is 344 g/mol. The first-order chi connectivity index (χ1) is 11.7. The summed E-state index contributed by atoms with van der Waals surface area (Å²) in [6.07, 6.45) is 0.593. The van der Waals surface area contributed by atoms with Crippen LogP contribution in [0.3, 0.4) is 0 Å². The number of ether oxygens (including phenoxy) is 1. The summed E-state index contributed by atoms with van der Waals surface area (Å²) in [5.74, 6) is 1.09. The third-order valence-corrected chi connectivity index (χ3v) is 5.21. The number of aryl methyl sites for hydroxylation is 1. The standard InChI is InChI=1S/C19H24N2O2S/c1-16-7-8-18(24-16)15-20-10-9-19(22)21(12-11-20)13-14-23-17-5-3-2-4-6-17/h2-8H,9-15H2,1H3. The molecule has 0 N–H and O–H groups in total. The summed E-state index contributed by atoms with van der Waals surface area (Å²) in [6.45, 7) is 6.81. The van der Waals surface area contributed by atoms with Gasteiger partial charge in [-0.1, -0.05) is 18.2 Å². The Hall–Kier alpha value is -1.85. The number of thiophene rings is 1. The summed E-state index contributed by atoms with van der Waals surface area (Å²) in [5, 5.41) is 0. The molecule has 3 rings (SSSR count). The van der Waals surface area contributed by atoms with Crippen LogP contribution in [0.5, 0.6) is 5.75 Å². The number of hydrogen-bond acceptors (Lipinski definition) is 4. The molecular formula is C19H24N2O2S. The van der Waals surface area contributed by atoms with Crippen LogP contribution in [-0.2, 0) is 11.3 Å². The fourth-order valence-corrected chi connectivity index (χ4v) is 3.82. The number of benzene rings is 1. The first kappa shape index (κ1) is 17.0. The number of amides is 1. The van der Waals surface area contributed by atoms with E-state index >= 15 is 0 Å². The minimum Gasteiger partial charge on any atom is -0.492 e. The van der Waals surface area contributed by atoms with Crippen LogP contribution in [0.25, 0.3) is 0 Å². The minimum atomic E-state index is 0.233. The van der Waals surface area contributed by atoms with E-state index in [0.717, 1.165) is 31.9 Å². The Bertz CT molecular complexity index is 656. The Kier molecular flexibility index (Phi) is 5.88. The van der Waals surface area contributed by atoms with E-state index in [-0.39, 0.29) is 5.91 Å². The predicted molar refractivity (Wildman–Crippen MR) is 97.5 cm³/mol. The van der Waals surface area contributed by atoms with Gasteiger partial charge in [0.2, 0.25) is 5.91 Å². The van der Waals surface area contributed by atoms with E-state index in [1.807, 2.05) is 46.6 Å². The van der Waals surface area contributed by atoms with Crippen LogP contribution in [0, 0.1) is 6.92 Å². The van der Waals surface area contributed by atoms with Gasteiger partial charge < -0.3 is 9.64 Å². The minimum absolute atomic E-state index is 0.233. The largest absolute Gasteiger partial charge is 0.492 e. The average Bonchev–Trinajstić information content (AvgIpc) is 2.92. The molecule has 2 heterocycles. The molecule has 1 aromatic heterocycles. The number of nitrogens with zero attached hydrogens (tertiary/aromatic N) is 2. The molecule has 1 amide bonds. The van der Waals surface area contributed by atoms with E-state index in [0.29, 0.717) is 19.6 Å². The van der Waals surface area contributed by atoms with Gasteiger partial charge in [0, 0.05) is 42.4 Å². The number of para-hydroxylation sites is 1. The summed E-state index contributed by atoms with van der Waals surface area (Å²) in [4.78, 5) is 19.3. The number of carbonyl (C=O) groups excluding carboxylic acids is 1. The second-order valence-corrected chi connectivity index (χ2v) is 7.45. The zero-order valence-electron chi connectivity index (χ0n) is 14.1. The van der Waals surface area contributed by atoms with Gasteiger partial charge in [0.15, 0.2) is 0 Å². The third-order valence-electron chi connectivity index (χ3n) is 4.23. The molecule has 0 radical (unpaired) electrons. The van der Waals surface area contributed by atoms with Crippen molar-refractivity contribution in [1.82, 2.24) is 9.80 Å². The maximum Gasteiger partial charge on any atom is 0.224 e. The molecule has 24 heavy (non-hydrogen) atoms. The van der Waals surface area contributed by atoms with Gasteiger partial charge in [0.1, 0.15) is 12.4 Å². The smallest absolute Gasteiger partial charge is 0.224 e. The van der Waals surface area contributed by atoms with Gasteiger partial charge in [-0.15, -0.1) is 11.3 Å². The van der Waals surface area contributed by atoms with Crippen LogP contribution in [0.2, 0.25) is 0 Å². The Morgan fingerprint density at radius 3 is 2.67 bits per heavy atom. The van der Waals surface area contributed by atoms with Gasteiger partial charge in [-0.25, -0.2) is 0 Å². The second kappa shape index (κ2) is 8.31. The fraction of sp³-hybridized carbons (Fsp3) is 0.421. The molecule has 0 aliphatic carbocycles. The molecule has 2 aromatic rings. The van der Waals surface area contributed by atoms with Crippen LogP contribution in [-0.4, -0.2) is 48.5 Å². The van der Waals surface area contributed by atoms with Gasteiger partial charge in [-0.05, 0) is 31.2 Å². The van der Waals surface area contributed by atoms with E-state index in [1.54, 1.807) is 0 Å². The lowest BCUT2D eigenvalue weighted by atomic mass is 10.3. The van der Waals surface area contributed by atoms with Crippen LogP contribution in [0.4, 0.5) is 0 Å². The van der Waals surface area contributed by atoms with Gasteiger partial charge in [-0.3, -0.25) is 9.69 Å². The van der Waals surface area contributed by atoms with Crippen molar-refractivity contribution in [3.05, 3.63) is 52.2 Å². The first-order valence-electron chi connectivity index (χ1n) is 8.44. The van der Waals surface area contributed by atoms with E-state index in [9.17, 15) is 4.79 Å². The van der Waals surface area contributed by atoms with Crippen molar-refractivity contribution in [1.29, 1.82) is 0 Å². The molecule has 1 aromatic carbocycles. The molecule has 128 valence electrons. The van der Waals surface area contributed by atoms with Crippen LogP contribution >= 0.6 is 11.3 Å². The van der Waals surface area contributed by atoms with Gasteiger partial charge >= 0.3 is 0 Å². The molecule has 0 saturated carbocycles. The summed E-state index contributed by atoms with van der Waals surface area (Å²) >= 11 is 1.84. The molecule has 0 bridgehead atoms. The summed E-state index contributed by atoms with van der Waals surface area (Å²) in [7, 11) is 0. The van der Waals surface area contributed by atoms with Crippen molar-refractivity contribution in [3.8, 4) is 5.75 Å². The molecular weight excluding hydrogens is 320 g/mol. The van der Waals surface area contributed by atoms with E-state index in [1.165, 1.54) is 9.75 Å². The maximum atomic E-state index is 12.3. The fourth-order valence-electron chi connectivity index (χ4n) is 2.89. The van der Waals surface area contributed by atoms with E-state index in [2.05, 4.69) is 24.0 Å². The molecule has 1 fully saturated rings. The van der Waals surface area contributed by atoms with Gasteiger partial charge in [-0.2, -0.15) is 0 Å². The highest BCUT2D eigenvalue weighted by molar-refractivity contribution is 7.11. The highest BCUT2D eigenvalue weighted by Crippen LogP contribution is 2.18. The maximum absolute atomic E-state index is 12.3. The highest BCUT2D eigenvalue weighted by Gasteiger charge is 2.21. The summed E-state index contributed by atoms with van der Waals surface area (Å²) in [6, 6.07) is 14.1.